The molecule has 2 N–H and O–H groups in total. The molecule has 2 atom stereocenters. The number of fused-ring (bicyclic) bond motifs is 4. The first kappa shape index (κ1) is 49.4. The third-order valence-electron chi connectivity index (χ3n) is 12.2. The van der Waals surface area contributed by atoms with Crippen molar-refractivity contribution < 1.29 is 42.1 Å². The predicted octanol–water partition coefficient (Wildman–Crippen LogP) is 7.28. The van der Waals surface area contributed by atoms with Crippen LogP contribution in [0.3, 0.4) is 0 Å². The Hall–Kier alpha value is -7.00. The van der Waals surface area contributed by atoms with E-state index < -0.39 is 33.9 Å². The molecule has 0 fully saturated rings. The van der Waals surface area contributed by atoms with Gasteiger partial charge in [0.15, 0.2) is 5.82 Å². The van der Waals surface area contributed by atoms with E-state index in [2.05, 4.69) is 25.8 Å². The number of carboxylic acids is 1. The molecular weight excluding hydrogens is 958 g/mol. The number of thiophene rings is 1. The number of esters is 1. The SMILES string of the molecule is COC(=O)C[C@@H]1N=C(c2ccc(Cl)cc2)c2c(sc(C(=O)NCCCOc3ccc(S(=O)(=O)N(C)Cc4cc(C(CC(=O)O)c5cc(OC)c6c(c5)nnn6C)ccc4C)cc3)c2C)-n2c(C)nnc21. The highest BCUT2D eigenvalue weighted by molar-refractivity contribution is 7.89. The number of sulfonamides is 1. The van der Waals surface area contributed by atoms with E-state index in [9.17, 15) is 27.9 Å². The predicted molar refractivity (Wildman–Crippen MR) is 263 cm³/mol. The van der Waals surface area contributed by atoms with Gasteiger partial charge in [-0.25, -0.2) is 13.1 Å². The maximum atomic E-state index is 13.9. The molecule has 0 bridgehead atoms. The van der Waals surface area contributed by atoms with Gasteiger partial charge in [0.25, 0.3) is 5.91 Å². The van der Waals surface area contributed by atoms with Gasteiger partial charge in [-0.05, 0) is 104 Å². The number of carbonyl (C=O) groups excluding carboxylic acids is 2. The smallest absolute Gasteiger partial charge is 0.308 e. The summed E-state index contributed by atoms with van der Waals surface area (Å²) in [7, 11) is 2.14. The first-order valence-electron chi connectivity index (χ1n) is 22.1. The Balaban J connectivity index is 0.909. The normalized spacial score (nSPS) is 13.8. The maximum absolute atomic E-state index is 13.9. The second kappa shape index (κ2) is 20.5. The van der Waals surface area contributed by atoms with Gasteiger partial charge in [-0.1, -0.05) is 47.1 Å². The molecule has 364 valence electrons. The van der Waals surface area contributed by atoms with Gasteiger partial charge in [-0.3, -0.25) is 23.9 Å². The summed E-state index contributed by atoms with van der Waals surface area (Å²) in [4.78, 5) is 44.1. The van der Waals surface area contributed by atoms with Crippen molar-refractivity contribution in [2.45, 2.75) is 63.4 Å². The van der Waals surface area contributed by atoms with Crippen molar-refractivity contribution in [3.05, 3.63) is 139 Å². The van der Waals surface area contributed by atoms with Crippen LogP contribution in [0.25, 0.3) is 16.0 Å². The Morgan fingerprint density at radius 1 is 0.957 bits per heavy atom. The van der Waals surface area contributed by atoms with E-state index in [1.165, 1.54) is 49.0 Å². The van der Waals surface area contributed by atoms with Crippen LogP contribution >= 0.6 is 22.9 Å². The highest BCUT2D eigenvalue weighted by Crippen LogP contribution is 2.41. The molecule has 3 aromatic heterocycles. The molecule has 21 heteroatoms. The molecule has 0 radical (unpaired) electrons. The number of halogens is 1. The van der Waals surface area contributed by atoms with Crippen LogP contribution in [-0.2, 0) is 37.9 Å². The van der Waals surface area contributed by atoms with E-state index in [0.29, 0.717) is 83.5 Å². The van der Waals surface area contributed by atoms with E-state index >= 15 is 0 Å². The largest absolute Gasteiger partial charge is 0.494 e. The molecule has 0 spiro atoms. The van der Waals surface area contributed by atoms with Gasteiger partial charge < -0.3 is 24.6 Å². The molecule has 1 amide bonds. The van der Waals surface area contributed by atoms with Gasteiger partial charge >= 0.3 is 11.9 Å². The Labute approximate surface area is 412 Å². The minimum absolute atomic E-state index is 0.0297. The van der Waals surface area contributed by atoms with E-state index in [1.807, 2.05) is 48.7 Å². The van der Waals surface area contributed by atoms with Crippen molar-refractivity contribution in [2.75, 3.05) is 34.4 Å². The quantitative estimate of drug-likeness (QED) is 0.0638. The summed E-state index contributed by atoms with van der Waals surface area (Å²) in [6, 6.07) is 21.8. The Morgan fingerprint density at radius 2 is 1.70 bits per heavy atom. The lowest BCUT2D eigenvalue weighted by Crippen LogP contribution is -2.27. The number of rotatable bonds is 18. The molecule has 0 saturated heterocycles. The van der Waals surface area contributed by atoms with Crippen LogP contribution in [0.4, 0.5) is 0 Å². The third-order valence-corrected chi connectivity index (χ3v) is 15.5. The van der Waals surface area contributed by atoms with Gasteiger partial charge in [-0.2, -0.15) is 4.31 Å². The fourth-order valence-corrected chi connectivity index (χ4v) is 11.0. The van der Waals surface area contributed by atoms with Gasteiger partial charge in [0.2, 0.25) is 10.0 Å². The molecule has 1 unspecified atom stereocenters. The summed E-state index contributed by atoms with van der Waals surface area (Å²) in [5.74, 6) is -0.340. The summed E-state index contributed by atoms with van der Waals surface area (Å²) in [6.07, 6.45) is 0.173. The highest BCUT2D eigenvalue weighted by Gasteiger charge is 2.34. The number of benzene rings is 4. The minimum atomic E-state index is -3.96. The Bertz CT molecular complexity index is 3280. The van der Waals surface area contributed by atoms with Crippen LogP contribution < -0.4 is 14.8 Å². The minimum Gasteiger partial charge on any atom is -0.494 e. The summed E-state index contributed by atoms with van der Waals surface area (Å²) >= 11 is 7.52. The van der Waals surface area contributed by atoms with Crippen LogP contribution in [0.1, 0.15) is 91.5 Å². The summed E-state index contributed by atoms with van der Waals surface area (Å²) < 4.78 is 49.0. The topological polar surface area (TPSA) is 222 Å². The number of hydrogen-bond acceptors (Lipinski definition) is 14. The Kier molecular flexibility index (Phi) is 14.5. The summed E-state index contributed by atoms with van der Waals surface area (Å²) in [5, 5.41) is 31.2. The summed E-state index contributed by atoms with van der Waals surface area (Å²) in [6.45, 7) is 6.10. The lowest BCUT2D eigenvalue weighted by molar-refractivity contribution is -0.141. The van der Waals surface area contributed by atoms with Crippen molar-refractivity contribution in [3.8, 4) is 16.5 Å². The number of aliphatic imine (C=N–C) groups is 1. The fraction of sp³-hybridized carbons (Fsp3) is 0.306. The van der Waals surface area contributed by atoms with Crippen LogP contribution in [-0.4, -0.2) is 106 Å². The van der Waals surface area contributed by atoms with Gasteiger partial charge in [0, 0.05) is 49.3 Å². The first-order chi connectivity index (χ1) is 33.5. The zero-order chi connectivity index (χ0) is 50.0. The molecule has 1 aliphatic heterocycles. The highest BCUT2D eigenvalue weighted by atomic mass is 35.5. The molecule has 70 heavy (non-hydrogen) atoms. The summed E-state index contributed by atoms with van der Waals surface area (Å²) in [5.41, 5.74) is 6.91. The lowest BCUT2D eigenvalue weighted by Gasteiger charge is -2.22. The third kappa shape index (κ3) is 10.0. The number of carboxylic acid groups (broad SMARTS) is 1. The van der Waals surface area contributed by atoms with Crippen LogP contribution in [0.5, 0.6) is 11.5 Å². The molecule has 4 aromatic carbocycles. The molecule has 8 rings (SSSR count). The monoisotopic (exact) mass is 1010 g/mol. The second-order valence-electron chi connectivity index (χ2n) is 16.8. The molecular formula is C49H50ClN9O9S2. The number of aliphatic carboxylic acids is 1. The van der Waals surface area contributed by atoms with E-state index in [1.54, 1.807) is 55.1 Å². The number of nitrogens with one attached hydrogen (secondary N) is 1. The Morgan fingerprint density at radius 3 is 2.40 bits per heavy atom. The van der Waals surface area contributed by atoms with E-state index in [0.717, 1.165) is 16.7 Å². The van der Waals surface area contributed by atoms with Gasteiger partial charge in [0.05, 0.1) is 49.2 Å². The van der Waals surface area contributed by atoms with E-state index in [-0.39, 0.29) is 43.3 Å². The van der Waals surface area contributed by atoms with E-state index in [4.69, 9.17) is 30.8 Å². The average Bonchev–Trinajstić information content (AvgIpc) is 4.00. The number of nitrogens with zero attached hydrogens (tertiary/aromatic N) is 8. The molecule has 0 saturated carbocycles. The number of amides is 1. The molecule has 4 heterocycles. The fourth-order valence-electron chi connectivity index (χ4n) is 8.45. The zero-order valence-corrected chi connectivity index (χ0v) is 41.8. The molecule has 1 aliphatic rings. The number of methoxy groups -OCH3 is 2. The van der Waals surface area contributed by atoms with Gasteiger partial charge in [0.1, 0.15) is 39.4 Å². The standard InChI is InChI=1S/C49H50ClN9O9S2/c1-27-9-10-31(37(24-41(60)61)32-22-38-45(40(23-32)66-6)58(5)56-54-38)21-33(27)26-57(4)70(64,65)36-17-15-35(16-18-36)68-20-8-19-51-48(63)46-28(2)43-44(30-11-13-34(50)14-12-30)52-39(25-42(62)67-7)47-55-53-29(3)59(47)49(43)69-46/h9-18,21-23,37,39H,8,19-20,24-26H2,1-7H3,(H,51,63)(H,60,61)/t37?,39-/m0/s1. The van der Waals surface area contributed by atoms with Crippen LogP contribution in [0.15, 0.2) is 88.8 Å². The molecule has 18 nitrogen and oxygen atoms in total. The number of hydrogen-bond donors (Lipinski definition) is 2. The van der Waals surface area contributed by atoms with Gasteiger partial charge in [-0.15, -0.1) is 26.6 Å². The van der Waals surface area contributed by atoms with Crippen molar-refractivity contribution in [3.63, 3.8) is 0 Å². The van der Waals surface area contributed by atoms with Crippen LogP contribution in [0, 0.1) is 20.8 Å². The van der Waals surface area contributed by atoms with Crippen molar-refractivity contribution in [1.82, 2.24) is 39.4 Å². The maximum Gasteiger partial charge on any atom is 0.308 e. The molecule has 0 aliphatic carbocycles. The average molecular weight is 1010 g/mol. The van der Waals surface area contributed by atoms with Crippen LogP contribution in [0.2, 0.25) is 5.02 Å². The lowest BCUT2D eigenvalue weighted by atomic mass is 9.86. The van der Waals surface area contributed by atoms with Crippen molar-refractivity contribution in [1.29, 1.82) is 0 Å². The van der Waals surface area contributed by atoms with Crippen molar-refractivity contribution in [2.24, 2.45) is 12.0 Å². The number of carbonyl (C=O) groups is 3. The van der Waals surface area contributed by atoms with Crippen molar-refractivity contribution >= 4 is 67.6 Å². The first-order valence-corrected chi connectivity index (χ1v) is 24.7. The number of aryl methyl sites for hydroxylation is 3. The molecule has 7 aromatic rings. The number of aromatic nitrogens is 6. The zero-order valence-electron chi connectivity index (χ0n) is 39.4. The number of ether oxygens (including phenoxy) is 3. The second-order valence-corrected chi connectivity index (χ2v) is 20.3.